The number of likely N-dealkylation sites (N-methyl/N-ethyl adjacent to an activating group) is 1. The Bertz CT molecular complexity index is 406. The van der Waals surface area contributed by atoms with Crippen LogP contribution in [-0.4, -0.2) is 32.0 Å². The third kappa shape index (κ3) is 5.79. The molecule has 0 aliphatic rings. The van der Waals surface area contributed by atoms with Gasteiger partial charge in [0.15, 0.2) is 0 Å². The first-order valence-electron chi connectivity index (χ1n) is 5.58. The zero-order valence-corrected chi connectivity index (χ0v) is 11.7. The van der Waals surface area contributed by atoms with Crippen LogP contribution in [0.15, 0.2) is 28.7 Å². The number of anilines is 1. The third-order valence-corrected chi connectivity index (χ3v) is 2.67. The van der Waals surface area contributed by atoms with Crippen molar-refractivity contribution in [2.24, 2.45) is 0 Å². The quantitative estimate of drug-likeness (QED) is 0.737. The fourth-order valence-corrected chi connectivity index (χ4v) is 1.56. The first-order valence-corrected chi connectivity index (χ1v) is 6.38. The van der Waals surface area contributed by atoms with Crippen LogP contribution in [0.2, 0.25) is 0 Å². The van der Waals surface area contributed by atoms with Gasteiger partial charge in [-0.2, -0.15) is 0 Å². The van der Waals surface area contributed by atoms with Crippen molar-refractivity contribution in [2.75, 3.05) is 25.5 Å². The molecule has 98 valence electrons. The Labute approximate surface area is 114 Å². The molecule has 0 saturated carbocycles. The van der Waals surface area contributed by atoms with E-state index >= 15 is 0 Å². The lowest BCUT2D eigenvalue weighted by molar-refractivity contribution is -0.120. The molecule has 1 rings (SSSR count). The summed E-state index contributed by atoms with van der Waals surface area (Å²) in [6, 6.07) is 7.32. The van der Waals surface area contributed by atoms with E-state index in [9.17, 15) is 9.59 Å². The van der Waals surface area contributed by atoms with E-state index in [-0.39, 0.29) is 24.8 Å². The lowest BCUT2D eigenvalue weighted by Gasteiger charge is -2.06. The van der Waals surface area contributed by atoms with Crippen molar-refractivity contribution in [2.45, 2.75) is 6.42 Å². The van der Waals surface area contributed by atoms with Crippen LogP contribution in [0.25, 0.3) is 0 Å². The van der Waals surface area contributed by atoms with Crippen LogP contribution in [-0.2, 0) is 9.59 Å². The van der Waals surface area contributed by atoms with Gasteiger partial charge in [0.25, 0.3) is 0 Å². The molecule has 2 amide bonds. The number of rotatable bonds is 6. The van der Waals surface area contributed by atoms with Crippen LogP contribution in [0.4, 0.5) is 5.69 Å². The maximum atomic E-state index is 11.5. The van der Waals surface area contributed by atoms with E-state index in [0.717, 1.165) is 10.2 Å². The van der Waals surface area contributed by atoms with E-state index in [1.165, 1.54) is 0 Å². The standard InChI is InChI=1S/C12H16BrN3O2/c1-14-8-12(18)15-7-6-11(17)16-10-4-2-9(13)3-5-10/h2-5,14H,6-8H2,1H3,(H,15,18)(H,16,17). The van der Waals surface area contributed by atoms with Gasteiger partial charge in [0.2, 0.25) is 11.8 Å². The van der Waals surface area contributed by atoms with Gasteiger partial charge in [-0.15, -0.1) is 0 Å². The maximum absolute atomic E-state index is 11.5. The molecule has 3 N–H and O–H groups in total. The Balaban J connectivity index is 2.25. The molecule has 0 atom stereocenters. The van der Waals surface area contributed by atoms with Gasteiger partial charge in [-0.05, 0) is 31.3 Å². The molecular formula is C12H16BrN3O2. The average molecular weight is 314 g/mol. The zero-order chi connectivity index (χ0) is 13.4. The summed E-state index contributed by atoms with van der Waals surface area (Å²) in [5, 5.41) is 8.12. The number of hydrogen-bond donors (Lipinski definition) is 3. The first-order chi connectivity index (χ1) is 8.61. The monoisotopic (exact) mass is 313 g/mol. The SMILES string of the molecule is CNCC(=O)NCCC(=O)Nc1ccc(Br)cc1. The Morgan fingerprint density at radius 1 is 1.17 bits per heavy atom. The largest absolute Gasteiger partial charge is 0.354 e. The van der Waals surface area contributed by atoms with Crippen LogP contribution >= 0.6 is 15.9 Å². The smallest absolute Gasteiger partial charge is 0.233 e. The van der Waals surface area contributed by atoms with E-state index < -0.39 is 0 Å². The van der Waals surface area contributed by atoms with E-state index in [1.54, 1.807) is 7.05 Å². The molecule has 0 aromatic heterocycles. The van der Waals surface area contributed by atoms with Crippen LogP contribution in [0, 0.1) is 0 Å². The molecule has 0 bridgehead atoms. The molecule has 0 saturated heterocycles. The maximum Gasteiger partial charge on any atom is 0.233 e. The number of nitrogens with one attached hydrogen (secondary N) is 3. The topological polar surface area (TPSA) is 70.2 Å². The summed E-state index contributed by atoms with van der Waals surface area (Å²) in [5.41, 5.74) is 0.741. The number of benzene rings is 1. The molecule has 5 nitrogen and oxygen atoms in total. The second-order valence-electron chi connectivity index (χ2n) is 3.69. The minimum Gasteiger partial charge on any atom is -0.354 e. The number of carbonyl (C=O) groups is 2. The van der Waals surface area contributed by atoms with E-state index in [1.807, 2.05) is 24.3 Å². The van der Waals surface area contributed by atoms with Gasteiger partial charge < -0.3 is 16.0 Å². The lowest BCUT2D eigenvalue weighted by Crippen LogP contribution is -2.34. The summed E-state index contributed by atoms with van der Waals surface area (Å²) >= 11 is 3.32. The Morgan fingerprint density at radius 2 is 1.83 bits per heavy atom. The molecule has 6 heteroatoms. The van der Waals surface area contributed by atoms with Gasteiger partial charge >= 0.3 is 0 Å². The highest BCUT2D eigenvalue weighted by Crippen LogP contribution is 2.13. The lowest BCUT2D eigenvalue weighted by atomic mass is 10.3. The van der Waals surface area contributed by atoms with Gasteiger partial charge in [-0.25, -0.2) is 0 Å². The summed E-state index contributed by atoms with van der Waals surface area (Å²) in [6.45, 7) is 0.594. The predicted octanol–water partition coefficient (Wildman–Crippen LogP) is 1.11. The molecule has 1 aromatic rings. The highest BCUT2D eigenvalue weighted by molar-refractivity contribution is 9.10. The predicted molar refractivity (Wildman–Crippen MR) is 74.3 cm³/mol. The van der Waals surface area contributed by atoms with Crippen molar-refractivity contribution in [3.05, 3.63) is 28.7 Å². The zero-order valence-electron chi connectivity index (χ0n) is 10.1. The molecule has 0 heterocycles. The second-order valence-corrected chi connectivity index (χ2v) is 4.60. The Hall–Kier alpha value is -1.40. The Morgan fingerprint density at radius 3 is 2.44 bits per heavy atom. The Kier molecular flexibility index (Phi) is 6.38. The number of hydrogen-bond acceptors (Lipinski definition) is 3. The van der Waals surface area contributed by atoms with Crippen molar-refractivity contribution < 1.29 is 9.59 Å². The van der Waals surface area contributed by atoms with Crippen LogP contribution in [0.1, 0.15) is 6.42 Å². The van der Waals surface area contributed by atoms with E-state index in [2.05, 4.69) is 31.9 Å². The fourth-order valence-electron chi connectivity index (χ4n) is 1.30. The minimum atomic E-state index is -0.123. The van der Waals surface area contributed by atoms with Gasteiger partial charge in [0.05, 0.1) is 6.54 Å². The van der Waals surface area contributed by atoms with Crippen molar-refractivity contribution >= 4 is 33.4 Å². The van der Waals surface area contributed by atoms with Crippen LogP contribution in [0.5, 0.6) is 0 Å². The van der Waals surface area contributed by atoms with Gasteiger partial charge in [-0.3, -0.25) is 9.59 Å². The molecule has 0 aliphatic heterocycles. The number of carbonyl (C=O) groups excluding carboxylic acids is 2. The normalized spacial score (nSPS) is 9.89. The van der Waals surface area contributed by atoms with Gasteiger partial charge in [0, 0.05) is 23.1 Å². The average Bonchev–Trinajstić information content (AvgIpc) is 2.32. The van der Waals surface area contributed by atoms with Gasteiger partial charge in [0.1, 0.15) is 0 Å². The molecule has 18 heavy (non-hydrogen) atoms. The highest BCUT2D eigenvalue weighted by Gasteiger charge is 2.03. The number of halogens is 1. The molecule has 0 aliphatic carbocycles. The van der Waals surface area contributed by atoms with E-state index in [0.29, 0.717) is 6.54 Å². The number of amides is 2. The fraction of sp³-hybridized carbons (Fsp3) is 0.333. The minimum absolute atomic E-state index is 0.117. The van der Waals surface area contributed by atoms with Crippen LogP contribution < -0.4 is 16.0 Å². The van der Waals surface area contributed by atoms with Gasteiger partial charge in [-0.1, -0.05) is 15.9 Å². The summed E-state index contributed by atoms with van der Waals surface area (Å²) in [5.74, 6) is -0.240. The summed E-state index contributed by atoms with van der Waals surface area (Å²) in [7, 11) is 1.69. The molecule has 1 aromatic carbocycles. The molecule has 0 spiro atoms. The second kappa shape index (κ2) is 7.84. The third-order valence-electron chi connectivity index (χ3n) is 2.14. The molecule has 0 unspecified atom stereocenters. The highest BCUT2D eigenvalue weighted by atomic mass is 79.9. The van der Waals surface area contributed by atoms with Crippen molar-refractivity contribution in [1.82, 2.24) is 10.6 Å². The summed E-state index contributed by atoms with van der Waals surface area (Å²) in [4.78, 5) is 22.7. The van der Waals surface area contributed by atoms with Crippen molar-refractivity contribution in [3.8, 4) is 0 Å². The first kappa shape index (κ1) is 14.7. The van der Waals surface area contributed by atoms with E-state index in [4.69, 9.17) is 0 Å². The van der Waals surface area contributed by atoms with Crippen molar-refractivity contribution in [1.29, 1.82) is 0 Å². The molecule has 0 fully saturated rings. The van der Waals surface area contributed by atoms with Crippen molar-refractivity contribution in [3.63, 3.8) is 0 Å². The molecular weight excluding hydrogens is 298 g/mol. The van der Waals surface area contributed by atoms with Crippen LogP contribution in [0.3, 0.4) is 0 Å². The summed E-state index contributed by atoms with van der Waals surface area (Å²) < 4.78 is 0.958. The summed E-state index contributed by atoms with van der Waals surface area (Å²) in [6.07, 6.45) is 0.255. The molecule has 0 radical (unpaired) electrons.